The molecular formula is C16H22N4O. The minimum Gasteiger partial charge on any atom is -0.388 e. The molecule has 0 amide bonds. The van der Waals surface area contributed by atoms with Gasteiger partial charge in [-0.05, 0) is 30.4 Å². The van der Waals surface area contributed by atoms with E-state index in [0.29, 0.717) is 17.8 Å². The van der Waals surface area contributed by atoms with Crippen molar-refractivity contribution in [3.05, 3.63) is 41.2 Å². The molecule has 0 radical (unpaired) electrons. The highest BCUT2D eigenvalue weighted by Crippen LogP contribution is 2.31. The van der Waals surface area contributed by atoms with Crippen LogP contribution in [-0.2, 0) is 6.61 Å². The summed E-state index contributed by atoms with van der Waals surface area (Å²) in [6.45, 7) is 6.41. The van der Waals surface area contributed by atoms with Crippen LogP contribution >= 0.6 is 0 Å². The number of nitrogens with one attached hydrogen (secondary N) is 1. The van der Waals surface area contributed by atoms with Crippen LogP contribution in [0.3, 0.4) is 0 Å². The molecule has 1 aromatic heterocycles. The van der Waals surface area contributed by atoms with Gasteiger partial charge in [-0.2, -0.15) is 10.1 Å². The van der Waals surface area contributed by atoms with Gasteiger partial charge in [0.15, 0.2) is 5.82 Å². The second kappa shape index (κ2) is 5.48. The van der Waals surface area contributed by atoms with Gasteiger partial charge in [-0.25, -0.2) is 4.68 Å². The molecule has 3 rings (SSSR count). The number of nitrogens with zero attached hydrogens (tertiary/aromatic N) is 3. The summed E-state index contributed by atoms with van der Waals surface area (Å²) in [6, 6.07) is 9.25. The van der Waals surface area contributed by atoms with Crippen LogP contribution in [0.1, 0.15) is 56.1 Å². The summed E-state index contributed by atoms with van der Waals surface area (Å²) in [5, 5.41) is 17.0. The largest absolute Gasteiger partial charge is 0.388 e. The fourth-order valence-electron chi connectivity index (χ4n) is 2.84. The predicted molar refractivity (Wildman–Crippen MR) is 82.3 cm³/mol. The van der Waals surface area contributed by atoms with E-state index in [2.05, 4.69) is 60.4 Å². The molecule has 5 heteroatoms. The lowest BCUT2D eigenvalue weighted by atomic mass is 9.95. The number of anilines is 1. The summed E-state index contributed by atoms with van der Waals surface area (Å²) in [6.07, 6.45) is 0.961. The Kier molecular flexibility index (Phi) is 3.68. The summed E-state index contributed by atoms with van der Waals surface area (Å²) >= 11 is 0. The average molecular weight is 286 g/mol. The maximum Gasteiger partial charge on any atom is 0.222 e. The molecule has 0 spiro atoms. The third kappa shape index (κ3) is 2.65. The second-order valence-electron chi connectivity index (χ2n) is 6.07. The van der Waals surface area contributed by atoms with Crippen LogP contribution in [0.25, 0.3) is 0 Å². The third-order valence-corrected chi connectivity index (χ3v) is 4.05. The van der Waals surface area contributed by atoms with Gasteiger partial charge >= 0.3 is 0 Å². The van der Waals surface area contributed by atoms with Gasteiger partial charge in [-0.1, -0.05) is 38.1 Å². The van der Waals surface area contributed by atoms with Crippen LogP contribution in [-0.4, -0.2) is 25.9 Å². The summed E-state index contributed by atoms with van der Waals surface area (Å²) < 4.78 is 1.90. The van der Waals surface area contributed by atoms with Crippen molar-refractivity contribution in [3.8, 4) is 0 Å². The lowest BCUT2D eigenvalue weighted by molar-refractivity contribution is 0.270. The predicted octanol–water partition coefficient (Wildman–Crippen LogP) is 2.69. The van der Waals surface area contributed by atoms with E-state index in [9.17, 15) is 5.11 Å². The molecule has 112 valence electrons. The van der Waals surface area contributed by atoms with Crippen molar-refractivity contribution in [1.82, 2.24) is 14.8 Å². The van der Waals surface area contributed by atoms with Gasteiger partial charge in [0.1, 0.15) is 6.61 Å². The van der Waals surface area contributed by atoms with Crippen molar-refractivity contribution < 1.29 is 5.11 Å². The molecule has 0 fully saturated rings. The normalized spacial score (nSPS) is 21.2. The van der Waals surface area contributed by atoms with Gasteiger partial charge in [-0.3, -0.25) is 0 Å². The van der Waals surface area contributed by atoms with Gasteiger partial charge in [0.05, 0.1) is 6.04 Å². The molecule has 2 heterocycles. The quantitative estimate of drug-likeness (QED) is 0.910. The van der Waals surface area contributed by atoms with E-state index < -0.39 is 0 Å². The molecule has 1 aliphatic rings. The van der Waals surface area contributed by atoms with Crippen molar-refractivity contribution in [2.24, 2.45) is 0 Å². The SMILES string of the molecule is CC(C)c1ccc([C@H]2C[C@H](C)Nc3nc(CO)nn32)cc1. The van der Waals surface area contributed by atoms with Crippen LogP contribution in [0, 0.1) is 0 Å². The topological polar surface area (TPSA) is 63.0 Å². The standard InChI is InChI=1S/C16H22N4O/c1-10(2)12-4-6-13(7-5-12)14-8-11(3)17-16-18-15(9-21)19-20(14)16/h4-7,10-11,14,21H,8-9H2,1-3H3,(H,17,18,19)/t11-,14+/m0/s1. The van der Waals surface area contributed by atoms with E-state index in [1.807, 2.05) is 4.68 Å². The lowest BCUT2D eigenvalue weighted by Gasteiger charge is -2.29. The third-order valence-electron chi connectivity index (χ3n) is 4.05. The van der Waals surface area contributed by atoms with Gasteiger partial charge in [0.2, 0.25) is 5.95 Å². The maximum absolute atomic E-state index is 9.24. The molecule has 1 aliphatic heterocycles. The zero-order chi connectivity index (χ0) is 15.0. The molecule has 0 unspecified atom stereocenters. The molecule has 2 N–H and O–H groups in total. The Morgan fingerprint density at radius 3 is 2.67 bits per heavy atom. The van der Waals surface area contributed by atoms with E-state index in [1.165, 1.54) is 11.1 Å². The molecule has 0 saturated heterocycles. The summed E-state index contributed by atoms with van der Waals surface area (Å²) in [5.41, 5.74) is 2.58. The highest BCUT2D eigenvalue weighted by molar-refractivity contribution is 5.35. The van der Waals surface area contributed by atoms with Gasteiger partial charge in [-0.15, -0.1) is 0 Å². The number of hydrogen-bond donors (Lipinski definition) is 2. The Hall–Kier alpha value is -1.88. The number of aromatic nitrogens is 3. The molecule has 2 aromatic rings. The Labute approximate surface area is 125 Å². The number of aliphatic hydroxyl groups excluding tert-OH is 1. The summed E-state index contributed by atoms with van der Waals surface area (Å²) in [4.78, 5) is 4.33. The van der Waals surface area contributed by atoms with E-state index >= 15 is 0 Å². The summed E-state index contributed by atoms with van der Waals surface area (Å²) in [5.74, 6) is 1.75. The zero-order valence-electron chi connectivity index (χ0n) is 12.7. The molecule has 21 heavy (non-hydrogen) atoms. The van der Waals surface area contributed by atoms with Crippen LogP contribution < -0.4 is 5.32 Å². The molecule has 0 bridgehead atoms. The smallest absolute Gasteiger partial charge is 0.222 e. The minimum absolute atomic E-state index is 0.130. The molecule has 2 atom stereocenters. The first-order chi connectivity index (χ1) is 10.1. The number of aliphatic hydroxyl groups is 1. The Bertz CT molecular complexity index is 618. The van der Waals surface area contributed by atoms with E-state index in [1.54, 1.807) is 0 Å². The first-order valence-corrected chi connectivity index (χ1v) is 7.51. The number of rotatable bonds is 3. The monoisotopic (exact) mass is 286 g/mol. The van der Waals surface area contributed by atoms with Crippen LogP contribution in [0.15, 0.2) is 24.3 Å². The van der Waals surface area contributed by atoms with E-state index in [0.717, 1.165) is 12.4 Å². The molecule has 1 aromatic carbocycles. The van der Waals surface area contributed by atoms with Crippen molar-refractivity contribution in [1.29, 1.82) is 0 Å². The molecule has 0 saturated carbocycles. The molecule has 5 nitrogen and oxygen atoms in total. The highest BCUT2D eigenvalue weighted by atomic mass is 16.3. The highest BCUT2D eigenvalue weighted by Gasteiger charge is 2.28. The first-order valence-electron chi connectivity index (χ1n) is 7.51. The van der Waals surface area contributed by atoms with E-state index in [4.69, 9.17) is 0 Å². The van der Waals surface area contributed by atoms with Crippen molar-refractivity contribution in [3.63, 3.8) is 0 Å². The maximum atomic E-state index is 9.24. The number of fused-ring (bicyclic) bond motifs is 1. The van der Waals surface area contributed by atoms with Crippen LogP contribution in [0.2, 0.25) is 0 Å². The lowest BCUT2D eigenvalue weighted by Crippen LogP contribution is -2.31. The number of benzene rings is 1. The van der Waals surface area contributed by atoms with Crippen molar-refractivity contribution >= 4 is 5.95 Å². The molecule has 0 aliphatic carbocycles. The Morgan fingerprint density at radius 1 is 1.33 bits per heavy atom. The minimum atomic E-state index is -0.130. The Morgan fingerprint density at radius 2 is 2.05 bits per heavy atom. The van der Waals surface area contributed by atoms with Crippen molar-refractivity contribution in [2.75, 3.05) is 5.32 Å². The van der Waals surface area contributed by atoms with E-state index in [-0.39, 0.29) is 12.6 Å². The number of hydrogen-bond acceptors (Lipinski definition) is 4. The average Bonchev–Trinajstić information content (AvgIpc) is 2.89. The fourth-order valence-corrected chi connectivity index (χ4v) is 2.84. The molecular weight excluding hydrogens is 264 g/mol. The zero-order valence-corrected chi connectivity index (χ0v) is 12.7. The first kappa shape index (κ1) is 14.1. The Balaban J connectivity index is 1.96. The fraction of sp³-hybridized carbons (Fsp3) is 0.500. The van der Waals surface area contributed by atoms with Crippen molar-refractivity contribution in [2.45, 2.75) is 51.8 Å². The summed E-state index contributed by atoms with van der Waals surface area (Å²) in [7, 11) is 0. The van der Waals surface area contributed by atoms with Gasteiger partial charge < -0.3 is 10.4 Å². The van der Waals surface area contributed by atoms with Gasteiger partial charge in [0.25, 0.3) is 0 Å². The van der Waals surface area contributed by atoms with Crippen LogP contribution in [0.5, 0.6) is 0 Å². The van der Waals surface area contributed by atoms with Crippen LogP contribution in [0.4, 0.5) is 5.95 Å². The van der Waals surface area contributed by atoms with Gasteiger partial charge in [0, 0.05) is 6.04 Å². The second-order valence-corrected chi connectivity index (χ2v) is 6.07.